The number of hydrogen-bond acceptors (Lipinski definition) is 4. The highest BCUT2D eigenvalue weighted by Gasteiger charge is 2.32. The number of H-pyrrole nitrogens is 1. The van der Waals surface area contributed by atoms with Gasteiger partial charge in [-0.2, -0.15) is 5.10 Å². The van der Waals surface area contributed by atoms with E-state index < -0.39 is 0 Å². The number of carbonyl (C=O) groups is 1. The Morgan fingerprint density at radius 3 is 3.09 bits per heavy atom. The molecule has 0 bridgehead atoms. The van der Waals surface area contributed by atoms with Gasteiger partial charge in [0.05, 0.1) is 6.04 Å². The molecule has 3 rings (SSSR count). The number of aromatic nitrogens is 3. The highest BCUT2D eigenvalue weighted by molar-refractivity contribution is 5.76. The van der Waals surface area contributed by atoms with Crippen LogP contribution in [0.4, 0.5) is 0 Å². The predicted molar refractivity (Wildman–Crippen MR) is 81.1 cm³/mol. The second-order valence-electron chi connectivity index (χ2n) is 5.55. The van der Waals surface area contributed by atoms with Crippen LogP contribution in [-0.2, 0) is 16.0 Å². The van der Waals surface area contributed by atoms with Crippen LogP contribution in [0, 0.1) is 6.92 Å². The largest absolute Gasteiger partial charge is 0.368 e. The molecule has 6 heteroatoms. The van der Waals surface area contributed by atoms with E-state index in [0.29, 0.717) is 18.9 Å². The Morgan fingerprint density at radius 2 is 2.32 bits per heavy atom. The van der Waals surface area contributed by atoms with Crippen molar-refractivity contribution in [1.82, 2.24) is 20.5 Å². The molecule has 2 atom stereocenters. The third-order valence-corrected chi connectivity index (χ3v) is 4.02. The lowest BCUT2D eigenvalue weighted by atomic mass is 10.0. The number of rotatable bonds is 5. The summed E-state index contributed by atoms with van der Waals surface area (Å²) < 4.78 is 5.64. The number of nitrogens with one attached hydrogen (secondary N) is 2. The summed E-state index contributed by atoms with van der Waals surface area (Å²) >= 11 is 0. The van der Waals surface area contributed by atoms with Crippen LogP contribution in [0.25, 0.3) is 0 Å². The Bertz CT molecular complexity index is 627. The summed E-state index contributed by atoms with van der Waals surface area (Å²) in [5, 5.41) is 9.70. The molecule has 0 radical (unpaired) electrons. The molecule has 1 aliphatic rings. The maximum absolute atomic E-state index is 12.2. The summed E-state index contributed by atoms with van der Waals surface area (Å²) in [5.41, 5.74) is 2.44. The monoisotopic (exact) mass is 300 g/mol. The van der Waals surface area contributed by atoms with Crippen LogP contribution in [0.1, 0.15) is 35.9 Å². The van der Waals surface area contributed by atoms with E-state index >= 15 is 0 Å². The van der Waals surface area contributed by atoms with Crippen LogP contribution in [0.3, 0.4) is 0 Å². The summed E-state index contributed by atoms with van der Waals surface area (Å²) in [7, 11) is 0. The van der Waals surface area contributed by atoms with Gasteiger partial charge in [-0.3, -0.25) is 9.89 Å². The lowest BCUT2D eigenvalue weighted by Gasteiger charge is -2.18. The molecule has 6 nitrogen and oxygen atoms in total. The SMILES string of the molecule is Cc1ccccc1CCC(=O)N[C@H]1CCO[C@H]1c1ncn[nH]1. The van der Waals surface area contributed by atoms with Crippen LogP contribution in [-0.4, -0.2) is 33.7 Å². The molecule has 2 N–H and O–H groups in total. The van der Waals surface area contributed by atoms with E-state index in [0.717, 1.165) is 12.8 Å². The van der Waals surface area contributed by atoms with Crippen molar-refractivity contribution in [2.45, 2.75) is 38.3 Å². The zero-order valence-corrected chi connectivity index (χ0v) is 12.6. The van der Waals surface area contributed by atoms with Crippen LogP contribution in [0.2, 0.25) is 0 Å². The Labute approximate surface area is 129 Å². The van der Waals surface area contributed by atoms with Crippen molar-refractivity contribution in [3.8, 4) is 0 Å². The topological polar surface area (TPSA) is 79.9 Å². The second-order valence-corrected chi connectivity index (χ2v) is 5.55. The molecule has 2 heterocycles. The number of aryl methyl sites for hydroxylation is 2. The average Bonchev–Trinajstić information content (AvgIpc) is 3.17. The van der Waals surface area contributed by atoms with E-state index in [1.807, 2.05) is 12.1 Å². The molecule has 1 amide bonds. The van der Waals surface area contributed by atoms with Crippen molar-refractivity contribution < 1.29 is 9.53 Å². The maximum atomic E-state index is 12.2. The third-order valence-electron chi connectivity index (χ3n) is 4.02. The summed E-state index contributed by atoms with van der Waals surface area (Å²) in [4.78, 5) is 16.3. The summed E-state index contributed by atoms with van der Waals surface area (Å²) in [6, 6.07) is 8.11. The molecule has 1 aromatic heterocycles. The first-order valence-electron chi connectivity index (χ1n) is 7.55. The normalized spacial score (nSPS) is 21.0. The van der Waals surface area contributed by atoms with Crippen LogP contribution in [0.5, 0.6) is 0 Å². The lowest BCUT2D eigenvalue weighted by molar-refractivity contribution is -0.122. The molecule has 116 valence electrons. The Hall–Kier alpha value is -2.21. The molecule has 1 fully saturated rings. The number of carbonyl (C=O) groups excluding carboxylic acids is 1. The molecule has 22 heavy (non-hydrogen) atoms. The number of benzene rings is 1. The van der Waals surface area contributed by atoms with Crippen LogP contribution in [0.15, 0.2) is 30.6 Å². The molecule has 1 saturated heterocycles. The fourth-order valence-corrected chi connectivity index (χ4v) is 2.78. The number of nitrogens with zero attached hydrogens (tertiary/aromatic N) is 2. The zero-order chi connectivity index (χ0) is 15.4. The van der Waals surface area contributed by atoms with Crippen LogP contribution < -0.4 is 5.32 Å². The van der Waals surface area contributed by atoms with Gasteiger partial charge in [0.1, 0.15) is 12.4 Å². The second kappa shape index (κ2) is 6.70. The fourth-order valence-electron chi connectivity index (χ4n) is 2.78. The predicted octanol–water partition coefficient (Wildman–Crippen LogP) is 1.69. The molecular formula is C16H20N4O2. The number of amides is 1. The van der Waals surface area contributed by atoms with Crippen molar-refractivity contribution >= 4 is 5.91 Å². The molecule has 0 aliphatic carbocycles. The first-order chi connectivity index (χ1) is 10.7. The summed E-state index contributed by atoms with van der Waals surface area (Å²) in [6.45, 7) is 2.69. The summed E-state index contributed by atoms with van der Waals surface area (Å²) in [6.07, 6.45) is 3.24. The molecule has 0 unspecified atom stereocenters. The minimum absolute atomic E-state index is 0.0441. The van der Waals surface area contributed by atoms with Crippen molar-refractivity contribution in [2.75, 3.05) is 6.61 Å². The first-order valence-corrected chi connectivity index (χ1v) is 7.55. The standard InChI is InChI=1S/C16H20N4O2/c1-11-4-2-3-5-12(11)6-7-14(21)19-13-8-9-22-15(13)16-17-10-18-20-16/h2-5,10,13,15H,6-9H2,1H3,(H,19,21)(H,17,18,20)/t13-,15+/m0/s1. The van der Waals surface area contributed by atoms with E-state index in [-0.39, 0.29) is 18.1 Å². The van der Waals surface area contributed by atoms with Gasteiger partial charge >= 0.3 is 0 Å². The van der Waals surface area contributed by atoms with E-state index in [1.54, 1.807) is 0 Å². The summed E-state index contributed by atoms with van der Waals surface area (Å²) in [5.74, 6) is 0.713. The average molecular weight is 300 g/mol. The smallest absolute Gasteiger partial charge is 0.220 e. The van der Waals surface area contributed by atoms with Gasteiger partial charge in [0.25, 0.3) is 0 Å². The highest BCUT2D eigenvalue weighted by Crippen LogP contribution is 2.26. The number of hydrogen-bond donors (Lipinski definition) is 2. The van der Waals surface area contributed by atoms with Gasteiger partial charge in [-0.1, -0.05) is 24.3 Å². The van der Waals surface area contributed by atoms with Crippen molar-refractivity contribution in [3.63, 3.8) is 0 Å². The van der Waals surface area contributed by atoms with Gasteiger partial charge < -0.3 is 10.1 Å². The van der Waals surface area contributed by atoms with Crippen molar-refractivity contribution in [1.29, 1.82) is 0 Å². The molecule has 0 spiro atoms. The van der Waals surface area contributed by atoms with E-state index in [9.17, 15) is 4.79 Å². The number of aromatic amines is 1. The van der Waals surface area contributed by atoms with E-state index in [1.165, 1.54) is 17.5 Å². The highest BCUT2D eigenvalue weighted by atomic mass is 16.5. The Balaban J connectivity index is 1.54. The fraction of sp³-hybridized carbons (Fsp3) is 0.438. The lowest BCUT2D eigenvalue weighted by Crippen LogP contribution is -2.37. The minimum Gasteiger partial charge on any atom is -0.368 e. The van der Waals surface area contributed by atoms with Crippen molar-refractivity contribution in [3.05, 3.63) is 47.5 Å². The van der Waals surface area contributed by atoms with Crippen molar-refractivity contribution in [2.24, 2.45) is 0 Å². The molecule has 1 aliphatic heterocycles. The van der Waals surface area contributed by atoms with Crippen LogP contribution >= 0.6 is 0 Å². The molecule has 0 saturated carbocycles. The minimum atomic E-state index is -0.232. The Morgan fingerprint density at radius 1 is 1.45 bits per heavy atom. The number of ether oxygens (including phenoxy) is 1. The van der Waals surface area contributed by atoms with Gasteiger partial charge in [-0.25, -0.2) is 4.98 Å². The zero-order valence-electron chi connectivity index (χ0n) is 12.6. The first kappa shape index (κ1) is 14.7. The molecular weight excluding hydrogens is 280 g/mol. The quantitative estimate of drug-likeness (QED) is 0.880. The van der Waals surface area contributed by atoms with Gasteiger partial charge in [-0.05, 0) is 30.9 Å². The van der Waals surface area contributed by atoms with Gasteiger partial charge in [0.2, 0.25) is 5.91 Å². The molecule has 2 aromatic rings. The maximum Gasteiger partial charge on any atom is 0.220 e. The van der Waals surface area contributed by atoms with Gasteiger partial charge in [0, 0.05) is 13.0 Å². The van der Waals surface area contributed by atoms with E-state index in [2.05, 4.69) is 39.6 Å². The molecule has 1 aromatic carbocycles. The van der Waals surface area contributed by atoms with E-state index in [4.69, 9.17) is 4.74 Å². The van der Waals surface area contributed by atoms with Gasteiger partial charge in [-0.15, -0.1) is 0 Å². The van der Waals surface area contributed by atoms with Gasteiger partial charge in [0.15, 0.2) is 5.82 Å². The Kier molecular flexibility index (Phi) is 4.48. The third kappa shape index (κ3) is 3.33.